The van der Waals surface area contributed by atoms with Crippen LogP contribution < -0.4 is 5.32 Å². The molecule has 2 N–H and O–H groups in total. The number of nitrogens with one attached hydrogen (secondary N) is 2. The van der Waals surface area contributed by atoms with Gasteiger partial charge >= 0.3 is 0 Å². The van der Waals surface area contributed by atoms with Gasteiger partial charge in [0.1, 0.15) is 0 Å². The minimum atomic E-state index is -0.225. The van der Waals surface area contributed by atoms with Crippen molar-refractivity contribution < 1.29 is 9.53 Å². The normalized spacial score (nSPS) is 10.3. The lowest BCUT2D eigenvalue weighted by molar-refractivity contribution is 0.0929. The predicted molar refractivity (Wildman–Crippen MR) is 69.4 cm³/mol. The van der Waals surface area contributed by atoms with Gasteiger partial charge in [0.25, 0.3) is 5.91 Å². The highest BCUT2D eigenvalue weighted by atomic mass is 16.5. The average molecular weight is 260 g/mol. The van der Waals surface area contributed by atoms with Crippen LogP contribution in [0.1, 0.15) is 22.5 Å². The summed E-state index contributed by atoms with van der Waals surface area (Å²) < 4.78 is 5.51. The molecule has 1 amide bonds. The van der Waals surface area contributed by atoms with Gasteiger partial charge in [0.2, 0.25) is 0 Å². The number of hydrogen-bond acceptors (Lipinski definition) is 4. The lowest BCUT2D eigenvalue weighted by Gasteiger charge is -2.05. The number of nitrogens with zero attached hydrogens (tertiary/aromatic N) is 2. The molecular formula is C13H16N4O2. The van der Waals surface area contributed by atoms with E-state index in [1.54, 1.807) is 0 Å². The first-order valence-electron chi connectivity index (χ1n) is 6.12. The number of aromatic amines is 1. The molecule has 2 rings (SSSR count). The average Bonchev–Trinajstić information content (AvgIpc) is 2.98. The summed E-state index contributed by atoms with van der Waals surface area (Å²) >= 11 is 0. The van der Waals surface area contributed by atoms with Crippen LogP contribution in [0.4, 0.5) is 0 Å². The second kappa shape index (κ2) is 7.27. The third-order valence-corrected chi connectivity index (χ3v) is 2.51. The van der Waals surface area contributed by atoms with Crippen LogP contribution in [0, 0.1) is 0 Å². The molecule has 0 aliphatic carbocycles. The lowest BCUT2D eigenvalue weighted by atomic mass is 10.2. The van der Waals surface area contributed by atoms with Crippen molar-refractivity contribution in [3.8, 4) is 0 Å². The molecule has 100 valence electrons. The maximum Gasteiger partial charge on any atom is 0.273 e. The molecule has 0 bridgehead atoms. The first-order chi connectivity index (χ1) is 9.36. The Morgan fingerprint density at radius 3 is 2.89 bits per heavy atom. The van der Waals surface area contributed by atoms with Crippen LogP contribution in [0.25, 0.3) is 0 Å². The molecule has 19 heavy (non-hydrogen) atoms. The van der Waals surface area contributed by atoms with Crippen LogP contribution in [-0.4, -0.2) is 34.5 Å². The van der Waals surface area contributed by atoms with Gasteiger partial charge in [-0.1, -0.05) is 30.3 Å². The quantitative estimate of drug-likeness (QED) is 0.732. The summed E-state index contributed by atoms with van der Waals surface area (Å²) in [5, 5.41) is 12.4. The third-order valence-electron chi connectivity index (χ3n) is 2.51. The van der Waals surface area contributed by atoms with E-state index in [-0.39, 0.29) is 5.91 Å². The van der Waals surface area contributed by atoms with E-state index in [0.717, 1.165) is 12.0 Å². The Balaban J connectivity index is 1.54. The van der Waals surface area contributed by atoms with E-state index < -0.39 is 0 Å². The molecule has 6 nitrogen and oxygen atoms in total. The number of carbonyl (C=O) groups excluding carboxylic acids is 1. The fourth-order valence-electron chi connectivity index (χ4n) is 1.54. The number of benzene rings is 1. The molecule has 2 aromatic rings. The van der Waals surface area contributed by atoms with Crippen LogP contribution >= 0.6 is 0 Å². The van der Waals surface area contributed by atoms with Crippen molar-refractivity contribution in [2.45, 2.75) is 13.0 Å². The Bertz CT molecular complexity index is 485. The van der Waals surface area contributed by atoms with Crippen molar-refractivity contribution in [3.05, 3.63) is 47.8 Å². The lowest BCUT2D eigenvalue weighted by Crippen LogP contribution is -2.25. The third kappa shape index (κ3) is 4.51. The van der Waals surface area contributed by atoms with Gasteiger partial charge < -0.3 is 10.1 Å². The number of hydrogen-bond donors (Lipinski definition) is 2. The molecule has 0 saturated heterocycles. The van der Waals surface area contributed by atoms with Crippen LogP contribution in [0.5, 0.6) is 0 Å². The van der Waals surface area contributed by atoms with Gasteiger partial charge in [-0.15, -0.1) is 0 Å². The van der Waals surface area contributed by atoms with E-state index in [4.69, 9.17) is 4.74 Å². The summed E-state index contributed by atoms with van der Waals surface area (Å²) in [7, 11) is 0. The van der Waals surface area contributed by atoms with Gasteiger partial charge in [-0.3, -0.25) is 4.79 Å². The summed E-state index contributed by atoms with van der Waals surface area (Å²) in [6.45, 7) is 1.76. The topological polar surface area (TPSA) is 79.9 Å². The molecule has 0 saturated carbocycles. The maximum atomic E-state index is 11.5. The Hall–Kier alpha value is -2.21. The zero-order valence-electron chi connectivity index (χ0n) is 10.5. The van der Waals surface area contributed by atoms with Crippen molar-refractivity contribution in [2.24, 2.45) is 0 Å². The van der Waals surface area contributed by atoms with Crippen molar-refractivity contribution in [1.82, 2.24) is 20.7 Å². The fraction of sp³-hybridized carbons (Fsp3) is 0.308. The van der Waals surface area contributed by atoms with Crippen LogP contribution in [0.15, 0.2) is 36.5 Å². The summed E-state index contributed by atoms with van der Waals surface area (Å²) in [5.74, 6) is -0.225. The van der Waals surface area contributed by atoms with E-state index in [1.807, 2.05) is 30.3 Å². The molecule has 0 aliphatic heterocycles. The Kier molecular flexibility index (Phi) is 5.06. The summed E-state index contributed by atoms with van der Waals surface area (Å²) in [5.41, 5.74) is 1.44. The van der Waals surface area contributed by atoms with Gasteiger partial charge in [0.15, 0.2) is 5.69 Å². The monoisotopic (exact) mass is 260 g/mol. The smallest absolute Gasteiger partial charge is 0.273 e. The van der Waals surface area contributed by atoms with Crippen molar-refractivity contribution in [3.63, 3.8) is 0 Å². The second-order valence-corrected chi connectivity index (χ2v) is 4.00. The van der Waals surface area contributed by atoms with E-state index in [2.05, 4.69) is 20.7 Å². The van der Waals surface area contributed by atoms with Crippen molar-refractivity contribution >= 4 is 5.91 Å². The summed E-state index contributed by atoms with van der Waals surface area (Å²) in [6.07, 6.45) is 2.15. The maximum absolute atomic E-state index is 11.5. The van der Waals surface area contributed by atoms with Gasteiger partial charge in [0, 0.05) is 13.2 Å². The highest BCUT2D eigenvalue weighted by molar-refractivity contribution is 5.91. The van der Waals surface area contributed by atoms with Gasteiger partial charge in [-0.05, 0) is 12.0 Å². The van der Waals surface area contributed by atoms with Crippen LogP contribution in [0.2, 0.25) is 0 Å². The number of aromatic nitrogens is 3. The molecule has 6 heteroatoms. The number of H-pyrrole nitrogens is 1. The van der Waals surface area contributed by atoms with E-state index in [1.165, 1.54) is 6.20 Å². The van der Waals surface area contributed by atoms with E-state index in [0.29, 0.717) is 25.5 Å². The number of carbonyl (C=O) groups is 1. The Morgan fingerprint density at radius 2 is 2.16 bits per heavy atom. The molecular weight excluding hydrogens is 244 g/mol. The minimum Gasteiger partial charge on any atom is -0.377 e. The van der Waals surface area contributed by atoms with Gasteiger partial charge in [-0.2, -0.15) is 15.4 Å². The molecule has 0 atom stereocenters. The molecule has 0 fully saturated rings. The van der Waals surface area contributed by atoms with E-state index >= 15 is 0 Å². The molecule has 1 aromatic heterocycles. The number of amides is 1. The largest absolute Gasteiger partial charge is 0.377 e. The Morgan fingerprint density at radius 1 is 1.32 bits per heavy atom. The highest BCUT2D eigenvalue weighted by Crippen LogP contribution is 2.00. The molecule has 0 radical (unpaired) electrons. The van der Waals surface area contributed by atoms with Crippen molar-refractivity contribution in [2.75, 3.05) is 13.2 Å². The van der Waals surface area contributed by atoms with E-state index in [9.17, 15) is 4.79 Å². The molecule has 0 unspecified atom stereocenters. The Labute approximate surface area is 111 Å². The fourth-order valence-corrected chi connectivity index (χ4v) is 1.54. The molecule has 1 aromatic carbocycles. The zero-order valence-corrected chi connectivity index (χ0v) is 10.5. The first kappa shape index (κ1) is 13.2. The summed E-state index contributed by atoms with van der Waals surface area (Å²) in [6, 6.07) is 9.98. The zero-order chi connectivity index (χ0) is 13.3. The van der Waals surface area contributed by atoms with Gasteiger partial charge in [0.05, 0.1) is 12.8 Å². The predicted octanol–water partition coefficient (Wildman–Crippen LogP) is 1.14. The second-order valence-electron chi connectivity index (χ2n) is 4.00. The standard InChI is InChI=1S/C13H16N4O2/c18-13(12-9-15-17-16-12)14-7-4-8-19-10-11-5-2-1-3-6-11/h1-3,5-6,9H,4,7-8,10H2,(H,14,18)(H,15,16,17). The van der Waals surface area contributed by atoms with Crippen LogP contribution in [0.3, 0.4) is 0 Å². The first-order valence-corrected chi connectivity index (χ1v) is 6.12. The molecule has 0 spiro atoms. The van der Waals surface area contributed by atoms with Gasteiger partial charge in [-0.25, -0.2) is 0 Å². The number of ether oxygens (including phenoxy) is 1. The summed E-state index contributed by atoms with van der Waals surface area (Å²) in [4.78, 5) is 11.5. The molecule has 0 aliphatic rings. The van der Waals surface area contributed by atoms with Crippen LogP contribution in [-0.2, 0) is 11.3 Å². The highest BCUT2D eigenvalue weighted by Gasteiger charge is 2.06. The molecule has 1 heterocycles. The SMILES string of the molecule is O=C(NCCCOCc1ccccc1)c1cn[nH]n1. The van der Waals surface area contributed by atoms with Crippen molar-refractivity contribution in [1.29, 1.82) is 0 Å². The number of rotatable bonds is 7. The minimum absolute atomic E-state index is 0.225.